The number of pyridine rings is 1. The molecule has 0 radical (unpaired) electrons. The zero-order valence-corrected chi connectivity index (χ0v) is 15.1. The third-order valence-electron chi connectivity index (χ3n) is 3.49. The van der Waals surface area contributed by atoms with E-state index in [1.54, 1.807) is 18.5 Å². The Morgan fingerprint density at radius 2 is 2.16 bits per heavy atom. The van der Waals surface area contributed by atoms with Crippen molar-refractivity contribution < 1.29 is 4.79 Å². The van der Waals surface area contributed by atoms with Gasteiger partial charge < -0.3 is 0 Å². The van der Waals surface area contributed by atoms with Crippen molar-refractivity contribution >= 4 is 46.4 Å². The normalized spacial score (nSPS) is 11.1. The molecule has 0 aliphatic carbocycles. The number of fused-ring (bicyclic) bond motifs is 1. The van der Waals surface area contributed by atoms with E-state index in [0.29, 0.717) is 5.02 Å². The molecule has 1 N–H and O–H groups in total. The van der Waals surface area contributed by atoms with Crippen molar-refractivity contribution in [3.63, 3.8) is 0 Å². The summed E-state index contributed by atoms with van der Waals surface area (Å²) in [5, 5.41) is 5.74. The number of nitrogens with one attached hydrogen (secondary N) is 1. The molecule has 4 nitrogen and oxygen atoms in total. The minimum absolute atomic E-state index is 0.166. The maximum absolute atomic E-state index is 11.9. The molecule has 1 aromatic heterocycles. The molecule has 0 saturated heterocycles. The number of hydrogen-bond acceptors (Lipinski definition) is 4. The summed E-state index contributed by atoms with van der Waals surface area (Å²) in [7, 11) is 0. The summed E-state index contributed by atoms with van der Waals surface area (Å²) in [6.07, 6.45) is 3.42. The molecule has 0 bridgehead atoms. The molecule has 1 heterocycles. The Balaban J connectivity index is 1.58. The molecular weight excluding hydrogens is 354 g/mol. The first kappa shape index (κ1) is 17.5. The van der Waals surface area contributed by atoms with Crippen molar-refractivity contribution in [2.75, 3.05) is 5.75 Å². The predicted molar refractivity (Wildman–Crippen MR) is 104 cm³/mol. The van der Waals surface area contributed by atoms with E-state index in [9.17, 15) is 4.79 Å². The van der Waals surface area contributed by atoms with Crippen LogP contribution in [0.4, 0.5) is 0 Å². The van der Waals surface area contributed by atoms with Crippen LogP contribution in [0.1, 0.15) is 11.1 Å². The van der Waals surface area contributed by atoms with E-state index in [4.69, 9.17) is 11.6 Å². The number of carbonyl (C=O) groups is 1. The van der Waals surface area contributed by atoms with Gasteiger partial charge in [-0.25, -0.2) is 5.43 Å². The molecule has 0 aliphatic heterocycles. The fraction of sp³-hybridized carbons (Fsp3) is 0.105. The minimum atomic E-state index is -0.166. The summed E-state index contributed by atoms with van der Waals surface area (Å²) in [5.74, 6) is 0.110. The summed E-state index contributed by atoms with van der Waals surface area (Å²) >= 11 is 7.34. The lowest BCUT2D eigenvalue weighted by molar-refractivity contribution is -0.118. The summed E-state index contributed by atoms with van der Waals surface area (Å²) in [4.78, 5) is 17.2. The Hall–Kier alpha value is -2.37. The lowest BCUT2D eigenvalue weighted by atomic mass is 10.1. The number of nitrogens with zero attached hydrogens (tertiary/aromatic N) is 2. The van der Waals surface area contributed by atoms with Gasteiger partial charge in [0.2, 0.25) is 5.91 Å². The quantitative estimate of drug-likeness (QED) is 0.411. The van der Waals surface area contributed by atoms with Crippen LogP contribution >= 0.6 is 23.4 Å². The molecule has 1 amide bonds. The summed E-state index contributed by atoms with van der Waals surface area (Å²) < 4.78 is 0. The van der Waals surface area contributed by atoms with Crippen LogP contribution < -0.4 is 5.43 Å². The average Bonchev–Trinajstić information content (AvgIpc) is 2.60. The topological polar surface area (TPSA) is 54.4 Å². The largest absolute Gasteiger partial charge is 0.272 e. The lowest BCUT2D eigenvalue weighted by Crippen LogP contribution is -2.19. The number of benzene rings is 2. The summed E-state index contributed by atoms with van der Waals surface area (Å²) in [6.45, 7) is 2.01. The molecule has 0 atom stereocenters. The summed E-state index contributed by atoms with van der Waals surface area (Å²) in [6, 6.07) is 15.3. The zero-order valence-electron chi connectivity index (χ0n) is 13.6. The van der Waals surface area contributed by atoms with Crippen LogP contribution in [0.25, 0.3) is 10.9 Å². The van der Waals surface area contributed by atoms with Gasteiger partial charge in [0.25, 0.3) is 0 Å². The maximum Gasteiger partial charge on any atom is 0.250 e. The highest BCUT2D eigenvalue weighted by Gasteiger charge is 2.03. The predicted octanol–water partition coefficient (Wildman–Crippen LogP) is 4.44. The standard InChI is InChI=1S/C19H16ClN3OS/c1-13-8-14(9-15-4-3-7-21-19(13)15)11-22-23-18(24)12-25-17-6-2-5-16(20)10-17/h2-11H,12H2,1H3,(H,23,24)/b22-11+. The molecule has 0 unspecified atom stereocenters. The van der Waals surface area contributed by atoms with Gasteiger partial charge in [0.15, 0.2) is 0 Å². The Morgan fingerprint density at radius 3 is 3.00 bits per heavy atom. The van der Waals surface area contributed by atoms with Crippen LogP contribution in [0.15, 0.2) is 64.7 Å². The fourth-order valence-electron chi connectivity index (χ4n) is 2.39. The molecule has 25 heavy (non-hydrogen) atoms. The second kappa shape index (κ2) is 8.14. The van der Waals surface area contributed by atoms with Crippen LogP contribution in [-0.2, 0) is 4.79 Å². The van der Waals surface area contributed by atoms with E-state index in [0.717, 1.165) is 26.9 Å². The van der Waals surface area contributed by atoms with Gasteiger partial charge in [-0.05, 0) is 54.4 Å². The second-order valence-corrected chi connectivity index (χ2v) is 6.94. The Bertz CT molecular complexity index is 943. The highest BCUT2D eigenvalue weighted by Crippen LogP contribution is 2.21. The highest BCUT2D eigenvalue weighted by molar-refractivity contribution is 8.00. The highest BCUT2D eigenvalue weighted by atomic mass is 35.5. The number of carbonyl (C=O) groups excluding carboxylic acids is 1. The van der Waals surface area contributed by atoms with Crippen molar-refractivity contribution in [3.05, 3.63) is 70.9 Å². The van der Waals surface area contributed by atoms with Gasteiger partial charge in [-0.15, -0.1) is 11.8 Å². The SMILES string of the molecule is Cc1cc(/C=N/NC(=O)CSc2cccc(Cl)c2)cc2cccnc12. The van der Waals surface area contributed by atoms with Crippen LogP contribution in [0.5, 0.6) is 0 Å². The monoisotopic (exact) mass is 369 g/mol. The molecule has 3 rings (SSSR count). The van der Waals surface area contributed by atoms with Crippen molar-refractivity contribution in [3.8, 4) is 0 Å². The number of aryl methyl sites for hydroxylation is 1. The molecule has 126 valence electrons. The van der Waals surface area contributed by atoms with E-state index in [1.165, 1.54) is 11.8 Å². The molecule has 0 fully saturated rings. The third kappa shape index (κ3) is 4.81. The van der Waals surface area contributed by atoms with Gasteiger partial charge in [0.1, 0.15) is 0 Å². The van der Waals surface area contributed by atoms with Gasteiger partial charge in [0, 0.05) is 21.5 Å². The van der Waals surface area contributed by atoms with E-state index in [-0.39, 0.29) is 11.7 Å². The lowest BCUT2D eigenvalue weighted by Gasteiger charge is -2.03. The fourth-order valence-corrected chi connectivity index (χ4v) is 3.40. The minimum Gasteiger partial charge on any atom is -0.272 e. The van der Waals surface area contributed by atoms with Gasteiger partial charge in [-0.3, -0.25) is 9.78 Å². The molecular formula is C19H16ClN3OS. The van der Waals surface area contributed by atoms with Crippen LogP contribution in [-0.4, -0.2) is 22.9 Å². The molecule has 2 aromatic carbocycles. The van der Waals surface area contributed by atoms with Crippen LogP contribution in [0.2, 0.25) is 5.02 Å². The maximum atomic E-state index is 11.9. The van der Waals surface area contributed by atoms with Gasteiger partial charge >= 0.3 is 0 Å². The van der Waals surface area contributed by atoms with E-state index in [2.05, 4.69) is 15.5 Å². The number of rotatable bonds is 5. The molecule has 6 heteroatoms. The smallest absolute Gasteiger partial charge is 0.250 e. The van der Waals surface area contributed by atoms with E-state index < -0.39 is 0 Å². The molecule has 3 aromatic rings. The van der Waals surface area contributed by atoms with Crippen molar-refractivity contribution in [2.24, 2.45) is 5.10 Å². The first-order valence-corrected chi connectivity index (χ1v) is 9.04. The van der Waals surface area contributed by atoms with E-state index in [1.807, 2.05) is 49.4 Å². The Morgan fingerprint density at radius 1 is 1.28 bits per heavy atom. The van der Waals surface area contributed by atoms with Crippen LogP contribution in [0, 0.1) is 6.92 Å². The number of thioether (sulfide) groups is 1. The third-order valence-corrected chi connectivity index (χ3v) is 4.72. The first-order valence-electron chi connectivity index (χ1n) is 7.67. The number of amides is 1. The number of hydrogen-bond donors (Lipinski definition) is 1. The zero-order chi connectivity index (χ0) is 17.6. The Labute approximate surface area is 155 Å². The van der Waals surface area contributed by atoms with Crippen molar-refractivity contribution in [1.29, 1.82) is 0 Å². The van der Waals surface area contributed by atoms with E-state index >= 15 is 0 Å². The molecule has 0 aliphatic rings. The summed E-state index contributed by atoms with van der Waals surface area (Å²) in [5.41, 5.74) is 5.51. The number of hydrazone groups is 1. The molecule has 0 saturated carbocycles. The van der Waals surface area contributed by atoms with Gasteiger partial charge in [-0.2, -0.15) is 5.10 Å². The van der Waals surface area contributed by atoms with Gasteiger partial charge in [0.05, 0.1) is 17.5 Å². The number of aromatic nitrogens is 1. The average molecular weight is 370 g/mol. The number of halogens is 1. The second-order valence-electron chi connectivity index (χ2n) is 5.45. The first-order chi connectivity index (χ1) is 12.1. The van der Waals surface area contributed by atoms with Gasteiger partial charge in [-0.1, -0.05) is 23.7 Å². The van der Waals surface area contributed by atoms with Crippen LogP contribution in [0.3, 0.4) is 0 Å². The van der Waals surface area contributed by atoms with Crippen molar-refractivity contribution in [2.45, 2.75) is 11.8 Å². The van der Waals surface area contributed by atoms with Crippen molar-refractivity contribution in [1.82, 2.24) is 10.4 Å². The Kier molecular flexibility index (Phi) is 5.68. The molecule has 0 spiro atoms.